The van der Waals surface area contributed by atoms with Gasteiger partial charge in [0.1, 0.15) is 11.3 Å². The molecule has 2 aromatic carbocycles. The van der Waals surface area contributed by atoms with Gasteiger partial charge in [0.2, 0.25) is 0 Å². The van der Waals surface area contributed by atoms with E-state index in [0.29, 0.717) is 18.8 Å². The lowest BCUT2D eigenvalue weighted by Gasteiger charge is -2.25. The van der Waals surface area contributed by atoms with Crippen molar-refractivity contribution in [2.24, 2.45) is 0 Å². The minimum Gasteiger partial charge on any atom is -0.494 e. The fraction of sp³-hybridized carbons (Fsp3) is 0.300. The van der Waals surface area contributed by atoms with E-state index < -0.39 is 5.54 Å². The van der Waals surface area contributed by atoms with Crippen molar-refractivity contribution in [2.45, 2.75) is 32.4 Å². The van der Waals surface area contributed by atoms with E-state index in [0.717, 1.165) is 11.1 Å². The van der Waals surface area contributed by atoms with Crippen LogP contribution in [0.1, 0.15) is 31.4 Å². The van der Waals surface area contributed by atoms with Crippen LogP contribution in [0.4, 0.5) is 4.79 Å². The van der Waals surface area contributed by atoms with E-state index in [2.05, 4.69) is 5.32 Å². The van der Waals surface area contributed by atoms with Gasteiger partial charge in [-0.05, 0) is 25.0 Å². The van der Waals surface area contributed by atoms with Gasteiger partial charge in [-0.2, -0.15) is 0 Å². The molecule has 1 N–H and O–H groups in total. The van der Waals surface area contributed by atoms with Crippen LogP contribution in [0.3, 0.4) is 0 Å². The summed E-state index contributed by atoms with van der Waals surface area (Å²) >= 11 is 0. The number of hydrogen-bond donors (Lipinski definition) is 1. The number of nitrogens with zero attached hydrogens (tertiary/aromatic N) is 1. The largest absolute Gasteiger partial charge is 0.494 e. The Bertz CT molecular complexity index is 776. The van der Waals surface area contributed by atoms with Crippen molar-refractivity contribution in [3.05, 3.63) is 65.7 Å². The Balaban J connectivity index is 1.92. The first-order valence-corrected chi connectivity index (χ1v) is 8.52. The SMILES string of the molecule is CCOc1ccccc1CN1C(=O)NC(CC)(c2ccccc2)C1=O. The van der Waals surface area contributed by atoms with Gasteiger partial charge in [-0.1, -0.05) is 55.5 Å². The first kappa shape index (κ1) is 17.0. The van der Waals surface area contributed by atoms with Gasteiger partial charge in [0.05, 0.1) is 13.2 Å². The molecule has 0 radical (unpaired) electrons. The highest BCUT2D eigenvalue weighted by Gasteiger charge is 2.51. The first-order chi connectivity index (χ1) is 12.1. The standard InChI is InChI=1S/C20H22N2O3/c1-3-20(16-11-6-5-7-12-16)18(23)22(19(24)21-20)14-15-10-8-9-13-17(15)25-4-2/h5-13H,3-4,14H2,1-2H3,(H,21,24). The normalized spacial score (nSPS) is 19.8. The van der Waals surface area contributed by atoms with E-state index in [4.69, 9.17) is 4.74 Å². The molecule has 2 aromatic rings. The summed E-state index contributed by atoms with van der Waals surface area (Å²) in [4.78, 5) is 27.0. The molecule has 1 saturated heterocycles. The van der Waals surface area contributed by atoms with Crippen molar-refractivity contribution < 1.29 is 14.3 Å². The number of benzene rings is 2. The second kappa shape index (κ2) is 6.97. The molecule has 25 heavy (non-hydrogen) atoms. The fourth-order valence-electron chi connectivity index (χ4n) is 3.23. The molecule has 0 spiro atoms. The van der Waals surface area contributed by atoms with Crippen molar-refractivity contribution in [1.29, 1.82) is 0 Å². The van der Waals surface area contributed by atoms with Crippen LogP contribution in [-0.4, -0.2) is 23.4 Å². The van der Waals surface area contributed by atoms with Crippen LogP contribution >= 0.6 is 0 Å². The molecule has 0 saturated carbocycles. The molecule has 5 nitrogen and oxygen atoms in total. The van der Waals surface area contributed by atoms with E-state index in [-0.39, 0.29) is 18.5 Å². The zero-order valence-corrected chi connectivity index (χ0v) is 14.5. The fourth-order valence-corrected chi connectivity index (χ4v) is 3.23. The number of carbonyl (C=O) groups is 2. The summed E-state index contributed by atoms with van der Waals surface area (Å²) in [6.07, 6.45) is 0.491. The highest BCUT2D eigenvalue weighted by molar-refractivity contribution is 6.07. The molecular weight excluding hydrogens is 316 g/mol. The molecule has 0 aromatic heterocycles. The van der Waals surface area contributed by atoms with Crippen LogP contribution in [0.5, 0.6) is 5.75 Å². The summed E-state index contributed by atoms with van der Waals surface area (Å²) in [5, 5.41) is 2.90. The maximum atomic E-state index is 13.1. The molecule has 1 unspecified atom stereocenters. The topological polar surface area (TPSA) is 58.6 Å². The summed E-state index contributed by atoms with van der Waals surface area (Å²) in [5.41, 5.74) is 0.614. The van der Waals surface area contributed by atoms with Crippen LogP contribution in [-0.2, 0) is 16.9 Å². The lowest BCUT2D eigenvalue weighted by atomic mass is 9.87. The third-order valence-corrected chi connectivity index (χ3v) is 4.57. The van der Waals surface area contributed by atoms with E-state index in [9.17, 15) is 9.59 Å². The minimum absolute atomic E-state index is 0.190. The second-order valence-corrected chi connectivity index (χ2v) is 5.99. The summed E-state index contributed by atoms with van der Waals surface area (Å²) < 4.78 is 5.61. The molecule has 1 atom stereocenters. The van der Waals surface area contributed by atoms with Gasteiger partial charge in [-0.3, -0.25) is 9.69 Å². The Morgan fingerprint density at radius 3 is 2.36 bits per heavy atom. The third kappa shape index (κ3) is 2.97. The van der Waals surface area contributed by atoms with E-state index >= 15 is 0 Å². The number of hydrogen-bond acceptors (Lipinski definition) is 3. The molecule has 1 heterocycles. The number of imide groups is 1. The van der Waals surface area contributed by atoms with Gasteiger partial charge >= 0.3 is 6.03 Å². The number of urea groups is 1. The Labute approximate surface area is 147 Å². The lowest BCUT2D eigenvalue weighted by molar-refractivity contribution is -0.132. The van der Waals surface area contributed by atoms with E-state index in [1.807, 2.05) is 68.4 Å². The third-order valence-electron chi connectivity index (χ3n) is 4.57. The van der Waals surface area contributed by atoms with Crippen molar-refractivity contribution in [3.8, 4) is 5.75 Å². The molecule has 1 fully saturated rings. The minimum atomic E-state index is -1.00. The van der Waals surface area contributed by atoms with Gasteiger partial charge in [0, 0.05) is 5.56 Å². The van der Waals surface area contributed by atoms with Crippen LogP contribution in [0.2, 0.25) is 0 Å². The molecule has 0 aliphatic carbocycles. The lowest BCUT2D eigenvalue weighted by Crippen LogP contribution is -2.43. The Kier molecular flexibility index (Phi) is 4.74. The van der Waals surface area contributed by atoms with Gasteiger partial charge in [-0.25, -0.2) is 4.79 Å². The summed E-state index contributed by atoms with van der Waals surface area (Å²) in [7, 11) is 0. The van der Waals surface area contributed by atoms with Crippen LogP contribution < -0.4 is 10.1 Å². The van der Waals surface area contributed by atoms with Crippen LogP contribution in [0.15, 0.2) is 54.6 Å². The van der Waals surface area contributed by atoms with Crippen LogP contribution in [0.25, 0.3) is 0 Å². The molecular formula is C20H22N2O3. The molecule has 130 valence electrons. The van der Waals surface area contributed by atoms with Gasteiger partial charge in [0.25, 0.3) is 5.91 Å². The average Bonchev–Trinajstić information content (AvgIpc) is 2.89. The predicted molar refractivity (Wildman–Crippen MR) is 95.1 cm³/mol. The van der Waals surface area contributed by atoms with Gasteiger partial charge < -0.3 is 10.1 Å². The predicted octanol–water partition coefficient (Wildman–Crippen LogP) is 3.44. The maximum absolute atomic E-state index is 13.1. The number of rotatable bonds is 6. The summed E-state index contributed by atoms with van der Waals surface area (Å²) in [5.74, 6) is 0.469. The zero-order valence-electron chi connectivity index (χ0n) is 14.5. The van der Waals surface area contributed by atoms with Gasteiger partial charge in [-0.15, -0.1) is 0 Å². The van der Waals surface area contributed by atoms with Crippen molar-refractivity contribution in [3.63, 3.8) is 0 Å². The van der Waals surface area contributed by atoms with Gasteiger partial charge in [0.15, 0.2) is 0 Å². The second-order valence-electron chi connectivity index (χ2n) is 5.99. The number of nitrogens with one attached hydrogen (secondary N) is 1. The average molecular weight is 338 g/mol. The quantitative estimate of drug-likeness (QED) is 0.821. The Morgan fingerprint density at radius 2 is 1.68 bits per heavy atom. The molecule has 3 rings (SSSR count). The number of para-hydroxylation sites is 1. The molecule has 3 amide bonds. The molecule has 1 aliphatic rings. The Hall–Kier alpha value is -2.82. The maximum Gasteiger partial charge on any atom is 0.325 e. The van der Waals surface area contributed by atoms with E-state index in [1.54, 1.807) is 0 Å². The van der Waals surface area contributed by atoms with Crippen molar-refractivity contribution in [1.82, 2.24) is 10.2 Å². The molecule has 5 heteroatoms. The summed E-state index contributed by atoms with van der Waals surface area (Å²) in [6, 6.07) is 16.5. The first-order valence-electron chi connectivity index (χ1n) is 8.52. The summed E-state index contributed by atoms with van der Waals surface area (Å²) in [6.45, 7) is 4.53. The van der Waals surface area contributed by atoms with Crippen LogP contribution in [0, 0.1) is 0 Å². The van der Waals surface area contributed by atoms with Crippen molar-refractivity contribution in [2.75, 3.05) is 6.61 Å². The van der Waals surface area contributed by atoms with Crippen molar-refractivity contribution >= 4 is 11.9 Å². The number of ether oxygens (including phenoxy) is 1. The number of amides is 3. The molecule has 0 bridgehead atoms. The number of carbonyl (C=O) groups excluding carboxylic acids is 2. The zero-order chi connectivity index (χ0) is 17.9. The monoisotopic (exact) mass is 338 g/mol. The highest BCUT2D eigenvalue weighted by Crippen LogP contribution is 2.34. The highest BCUT2D eigenvalue weighted by atomic mass is 16.5. The molecule has 1 aliphatic heterocycles. The van der Waals surface area contributed by atoms with E-state index in [1.165, 1.54) is 4.90 Å². The Morgan fingerprint density at radius 1 is 1.00 bits per heavy atom. The smallest absolute Gasteiger partial charge is 0.325 e.